The SMILES string of the molecule is CCCC(C)(N)CN1CCC(COC)CC1. The Morgan fingerprint density at radius 1 is 1.38 bits per heavy atom. The highest BCUT2D eigenvalue weighted by Crippen LogP contribution is 2.20. The minimum absolute atomic E-state index is 0.0111. The van der Waals surface area contributed by atoms with Crippen molar-refractivity contribution >= 4 is 0 Å². The van der Waals surface area contributed by atoms with Gasteiger partial charge in [-0.25, -0.2) is 0 Å². The number of ether oxygens (including phenoxy) is 1. The van der Waals surface area contributed by atoms with Crippen LogP contribution in [0.3, 0.4) is 0 Å². The Balaban J connectivity index is 2.26. The van der Waals surface area contributed by atoms with Crippen molar-refractivity contribution < 1.29 is 4.74 Å². The van der Waals surface area contributed by atoms with Crippen LogP contribution in [0.5, 0.6) is 0 Å². The lowest BCUT2D eigenvalue weighted by Crippen LogP contribution is -2.50. The molecule has 2 N–H and O–H groups in total. The molecule has 0 aromatic rings. The second kappa shape index (κ2) is 6.58. The third-order valence-electron chi connectivity index (χ3n) is 3.52. The second-order valence-electron chi connectivity index (χ2n) is 5.58. The van der Waals surface area contributed by atoms with Gasteiger partial charge in [-0.05, 0) is 45.2 Å². The summed E-state index contributed by atoms with van der Waals surface area (Å²) in [6, 6.07) is 0. The Kier molecular flexibility index (Phi) is 5.73. The molecule has 0 saturated carbocycles. The van der Waals surface area contributed by atoms with Crippen LogP contribution in [0.25, 0.3) is 0 Å². The van der Waals surface area contributed by atoms with E-state index in [-0.39, 0.29) is 5.54 Å². The lowest BCUT2D eigenvalue weighted by atomic mass is 9.93. The third-order valence-corrected chi connectivity index (χ3v) is 3.52. The third kappa shape index (κ3) is 4.81. The molecule has 0 amide bonds. The van der Waals surface area contributed by atoms with Gasteiger partial charge in [0.05, 0.1) is 0 Å². The summed E-state index contributed by atoms with van der Waals surface area (Å²) < 4.78 is 5.21. The van der Waals surface area contributed by atoms with Crippen LogP contribution < -0.4 is 5.73 Å². The minimum Gasteiger partial charge on any atom is -0.384 e. The molecular weight excluding hydrogens is 200 g/mol. The van der Waals surface area contributed by atoms with Crippen LogP contribution in [-0.2, 0) is 4.74 Å². The van der Waals surface area contributed by atoms with Gasteiger partial charge in [0, 0.05) is 25.8 Å². The summed E-state index contributed by atoms with van der Waals surface area (Å²) in [4.78, 5) is 2.52. The maximum Gasteiger partial charge on any atom is 0.0491 e. The van der Waals surface area contributed by atoms with E-state index in [0.29, 0.717) is 0 Å². The van der Waals surface area contributed by atoms with Gasteiger partial charge in [0.1, 0.15) is 0 Å². The van der Waals surface area contributed by atoms with E-state index in [1.807, 2.05) is 0 Å². The van der Waals surface area contributed by atoms with Gasteiger partial charge in [-0.2, -0.15) is 0 Å². The topological polar surface area (TPSA) is 38.5 Å². The zero-order chi connectivity index (χ0) is 12.0. The molecule has 0 spiro atoms. The molecule has 1 unspecified atom stereocenters. The Morgan fingerprint density at radius 3 is 2.50 bits per heavy atom. The minimum atomic E-state index is -0.0111. The molecule has 1 heterocycles. The van der Waals surface area contributed by atoms with Crippen molar-refractivity contribution in [3.63, 3.8) is 0 Å². The summed E-state index contributed by atoms with van der Waals surface area (Å²) in [5, 5.41) is 0. The second-order valence-corrected chi connectivity index (χ2v) is 5.58. The molecular formula is C13H28N2O. The predicted molar refractivity (Wildman–Crippen MR) is 68.5 cm³/mol. The van der Waals surface area contributed by atoms with Gasteiger partial charge in [-0.1, -0.05) is 13.3 Å². The number of methoxy groups -OCH3 is 1. The zero-order valence-electron chi connectivity index (χ0n) is 11.2. The van der Waals surface area contributed by atoms with Crippen LogP contribution in [0.1, 0.15) is 39.5 Å². The van der Waals surface area contributed by atoms with Crippen LogP contribution >= 0.6 is 0 Å². The molecule has 1 fully saturated rings. The molecule has 96 valence electrons. The molecule has 1 rings (SSSR count). The highest BCUT2D eigenvalue weighted by Gasteiger charge is 2.25. The lowest BCUT2D eigenvalue weighted by Gasteiger charge is -2.37. The van der Waals surface area contributed by atoms with Crippen molar-refractivity contribution in [1.82, 2.24) is 4.90 Å². The van der Waals surface area contributed by atoms with Crippen molar-refractivity contribution in [2.24, 2.45) is 11.7 Å². The summed E-state index contributed by atoms with van der Waals surface area (Å²) >= 11 is 0. The molecule has 1 aliphatic rings. The number of hydrogen-bond acceptors (Lipinski definition) is 3. The molecule has 0 bridgehead atoms. The number of nitrogens with two attached hydrogens (primary N) is 1. The maximum absolute atomic E-state index is 6.29. The van der Waals surface area contributed by atoms with Crippen molar-refractivity contribution in [1.29, 1.82) is 0 Å². The largest absolute Gasteiger partial charge is 0.384 e. The van der Waals surface area contributed by atoms with Crippen LogP contribution in [0.4, 0.5) is 0 Å². The van der Waals surface area contributed by atoms with Crippen LogP contribution in [0.2, 0.25) is 0 Å². The molecule has 16 heavy (non-hydrogen) atoms. The van der Waals surface area contributed by atoms with E-state index in [1.165, 1.54) is 32.4 Å². The van der Waals surface area contributed by atoms with E-state index < -0.39 is 0 Å². The molecule has 0 aliphatic carbocycles. The predicted octanol–water partition coefficient (Wildman–Crippen LogP) is 1.86. The van der Waals surface area contributed by atoms with Crippen LogP contribution in [-0.4, -0.2) is 43.8 Å². The Morgan fingerprint density at radius 2 is 2.00 bits per heavy atom. The number of nitrogens with zero attached hydrogens (tertiary/aromatic N) is 1. The van der Waals surface area contributed by atoms with Crippen molar-refractivity contribution in [3.05, 3.63) is 0 Å². The fraction of sp³-hybridized carbons (Fsp3) is 1.00. The van der Waals surface area contributed by atoms with E-state index in [4.69, 9.17) is 10.5 Å². The number of likely N-dealkylation sites (tertiary alicyclic amines) is 1. The molecule has 1 atom stereocenters. The highest BCUT2D eigenvalue weighted by atomic mass is 16.5. The smallest absolute Gasteiger partial charge is 0.0491 e. The Labute approximate surface area is 100 Å². The Hall–Kier alpha value is -0.120. The monoisotopic (exact) mass is 228 g/mol. The van der Waals surface area contributed by atoms with Gasteiger partial charge in [0.15, 0.2) is 0 Å². The van der Waals surface area contributed by atoms with Gasteiger partial charge in [-0.3, -0.25) is 0 Å². The van der Waals surface area contributed by atoms with Crippen LogP contribution in [0, 0.1) is 5.92 Å². The first-order valence-electron chi connectivity index (χ1n) is 6.57. The van der Waals surface area contributed by atoms with E-state index >= 15 is 0 Å². The first-order valence-corrected chi connectivity index (χ1v) is 6.57. The van der Waals surface area contributed by atoms with Gasteiger partial charge in [0.2, 0.25) is 0 Å². The van der Waals surface area contributed by atoms with Gasteiger partial charge in [0.25, 0.3) is 0 Å². The standard InChI is InChI=1S/C13H28N2O/c1-4-7-13(2,14)11-15-8-5-12(6-9-15)10-16-3/h12H,4-11,14H2,1-3H3. The first-order chi connectivity index (χ1) is 7.57. The summed E-state index contributed by atoms with van der Waals surface area (Å²) in [6.45, 7) is 8.71. The van der Waals surface area contributed by atoms with E-state index in [0.717, 1.165) is 25.5 Å². The number of hydrogen-bond donors (Lipinski definition) is 1. The fourth-order valence-corrected chi connectivity index (χ4v) is 2.71. The van der Waals surface area contributed by atoms with Crippen LogP contribution in [0.15, 0.2) is 0 Å². The van der Waals surface area contributed by atoms with Gasteiger partial charge < -0.3 is 15.4 Å². The Bertz CT molecular complexity index is 186. The fourth-order valence-electron chi connectivity index (χ4n) is 2.71. The number of piperidine rings is 1. The molecule has 1 aliphatic heterocycles. The molecule has 3 heteroatoms. The average Bonchev–Trinajstić information content (AvgIpc) is 2.21. The average molecular weight is 228 g/mol. The number of rotatable bonds is 6. The summed E-state index contributed by atoms with van der Waals surface area (Å²) in [5.41, 5.74) is 6.27. The van der Waals surface area contributed by atoms with Crippen molar-refractivity contribution in [3.8, 4) is 0 Å². The molecule has 0 aromatic heterocycles. The first kappa shape index (κ1) is 13.9. The molecule has 3 nitrogen and oxygen atoms in total. The molecule has 0 aromatic carbocycles. The summed E-state index contributed by atoms with van der Waals surface area (Å²) in [5.74, 6) is 0.761. The maximum atomic E-state index is 6.29. The van der Waals surface area contributed by atoms with E-state index in [1.54, 1.807) is 7.11 Å². The van der Waals surface area contributed by atoms with Crippen molar-refractivity contribution in [2.45, 2.75) is 45.1 Å². The normalized spacial score (nSPS) is 23.2. The van der Waals surface area contributed by atoms with E-state index in [2.05, 4.69) is 18.7 Å². The zero-order valence-corrected chi connectivity index (χ0v) is 11.2. The van der Waals surface area contributed by atoms with Crippen molar-refractivity contribution in [2.75, 3.05) is 33.4 Å². The quantitative estimate of drug-likeness (QED) is 0.754. The molecule has 1 saturated heterocycles. The lowest BCUT2D eigenvalue weighted by molar-refractivity contribution is 0.0893. The summed E-state index contributed by atoms with van der Waals surface area (Å²) in [6.07, 6.45) is 4.81. The van der Waals surface area contributed by atoms with Gasteiger partial charge >= 0.3 is 0 Å². The highest BCUT2D eigenvalue weighted by molar-refractivity contribution is 4.84. The summed E-state index contributed by atoms with van der Waals surface area (Å²) in [7, 11) is 1.80. The molecule has 0 radical (unpaired) electrons. The van der Waals surface area contributed by atoms with Gasteiger partial charge in [-0.15, -0.1) is 0 Å². The van der Waals surface area contributed by atoms with E-state index in [9.17, 15) is 0 Å².